The molecule has 5 heteroatoms. The molecular weight excluding hydrogens is 266 g/mol. The van der Waals surface area contributed by atoms with Gasteiger partial charge < -0.3 is 20.6 Å². The molecule has 0 saturated heterocycles. The molecule has 0 bridgehead atoms. The fourth-order valence-corrected chi connectivity index (χ4v) is 2.21. The highest BCUT2D eigenvalue weighted by molar-refractivity contribution is 5.89. The van der Waals surface area contributed by atoms with Crippen LogP contribution in [0, 0.1) is 5.92 Å². The molecule has 5 nitrogen and oxygen atoms in total. The van der Waals surface area contributed by atoms with Crippen LogP contribution in [0.4, 0.5) is 10.5 Å². The van der Waals surface area contributed by atoms with Crippen molar-refractivity contribution < 1.29 is 9.90 Å². The lowest BCUT2D eigenvalue weighted by atomic mass is 10.0. The standard InChI is InChI=1S/C16H27N3O2/c1-12(2)8-15(11-20)18-16(21)17-14-7-5-6-13(9-14)10-19(3)4/h5-7,9,12,15,20H,8,10-11H2,1-4H3,(H2,17,18,21). The Morgan fingerprint density at radius 1 is 1.33 bits per heavy atom. The van der Waals surface area contributed by atoms with Crippen molar-refractivity contribution in [3.8, 4) is 0 Å². The van der Waals surface area contributed by atoms with Crippen LogP contribution in [0.5, 0.6) is 0 Å². The van der Waals surface area contributed by atoms with E-state index in [2.05, 4.69) is 29.4 Å². The molecule has 1 aromatic rings. The van der Waals surface area contributed by atoms with Crippen LogP contribution in [0.15, 0.2) is 24.3 Å². The molecule has 0 saturated carbocycles. The molecule has 3 N–H and O–H groups in total. The number of anilines is 1. The number of hydrogen-bond donors (Lipinski definition) is 3. The Morgan fingerprint density at radius 3 is 2.62 bits per heavy atom. The molecule has 0 aromatic heterocycles. The van der Waals surface area contributed by atoms with Crippen molar-refractivity contribution in [2.24, 2.45) is 5.92 Å². The zero-order valence-electron chi connectivity index (χ0n) is 13.4. The van der Waals surface area contributed by atoms with Crippen LogP contribution in [-0.4, -0.2) is 42.8 Å². The number of nitrogens with zero attached hydrogens (tertiary/aromatic N) is 1. The van der Waals surface area contributed by atoms with Gasteiger partial charge in [-0.25, -0.2) is 4.79 Å². The van der Waals surface area contributed by atoms with Gasteiger partial charge in [-0.3, -0.25) is 0 Å². The number of carbonyl (C=O) groups is 1. The van der Waals surface area contributed by atoms with E-state index in [0.29, 0.717) is 5.92 Å². The summed E-state index contributed by atoms with van der Waals surface area (Å²) in [6.07, 6.45) is 0.755. The van der Waals surface area contributed by atoms with Gasteiger partial charge in [-0.05, 0) is 44.1 Å². The predicted octanol–water partition coefficient (Wildman–Crippen LogP) is 2.28. The number of hydrogen-bond acceptors (Lipinski definition) is 3. The van der Waals surface area contributed by atoms with Crippen molar-refractivity contribution in [1.29, 1.82) is 0 Å². The maximum Gasteiger partial charge on any atom is 0.319 e. The van der Waals surface area contributed by atoms with Gasteiger partial charge in [0.25, 0.3) is 0 Å². The van der Waals surface area contributed by atoms with Crippen molar-refractivity contribution in [2.75, 3.05) is 26.0 Å². The summed E-state index contributed by atoms with van der Waals surface area (Å²) in [5, 5.41) is 14.9. The zero-order chi connectivity index (χ0) is 15.8. The molecular formula is C16H27N3O2. The van der Waals surface area contributed by atoms with Crippen LogP contribution in [0.1, 0.15) is 25.8 Å². The number of rotatable bonds is 7. The molecule has 2 amide bonds. The minimum absolute atomic E-state index is 0.0493. The van der Waals surface area contributed by atoms with Gasteiger partial charge in [0.15, 0.2) is 0 Å². The van der Waals surface area contributed by atoms with E-state index in [4.69, 9.17) is 0 Å². The van der Waals surface area contributed by atoms with Crippen LogP contribution in [0.25, 0.3) is 0 Å². The van der Waals surface area contributed by atoms with Crippen molar-refractivity contribution in [2.45, 2.75) is 32.9 Å². The molecule has 0 aliphatic carbocycles. The second kappa shape index (κ2) is 8.64. The largest absolute Gasteiger partial charge is 0.394 e. The quantitative estimate of drug-likeness (QED) is 0.722. The van der Waals surface area contributed by atoms with Crippen LogP contribution in [0.3, 0.4) is 0 Å². The van der Waals surface area contributed by atoms with E-state index in [1.807, 2.05) is 38.4 Å². The topological polar surface area (TPSA) is 64.6 Å². The summed E-state index contributed by atoms with van der Waals surface area (Å²) in [7, 11) is 4.01. The molecule has 21 heavy (non-hydrogen) atoms. The Morgan fingerprint density at radius 2 is 2.05 bits per heavy atom. The van der Waals surface area contributed by atoms with E-state index in [0.717, 1.165) is 24.2 Å². The maximum absolute atomic E-state index is 12.0. The Kier molecular flexibility index (Phi) is 7.19. The normalized spacial score (nSPS) is 12.5. The Balaban J connectivity index is 2.57. The van der Waals surface area contributed by atoms with E-state index < -0.39 is 0 Å². The number of nitrogens with one attached hydrogen (secondary N) is 2. The summed E-state index contributed by atoms with van der Waals surface area (Å²) < 4.78 is 0. The van der Waals surface area contributed by atoms with Gasteiger partial charge in [0.05, 0.1) is 12.6 Å². The Hall–Kier alpha value is -1.59. The van der Waals surface area contributed by atoms with Crippen LogP contribution in [0.2, 0.25) is 0 Å². The average molecular weight is 293 g/mol. The van der Waals surface area contributed by atoms with Crippen LogP contribution in [-0.2, 0) is 6.54 Å². The zero-order valence-corrected chi connectivity index (χ0v) is 13.4. The van der Waals surface area contributed by atoms with Crippen molar-refractivity contribution in [1.82, 2.24) is 10.2 Å². The number of carbonyl (C=O) groups excluding carboxylic acids is 1. The van der Waals surface area contributed by atoms with Gasteiger partial charge in [0.1, 0.15) is 0 Å². The lowest BCUT2D eigenvalue weighted by Crippen LogP contribution is -2.40. The molecule has 1 rings (SSSR count). The van der Waals surface area contributed by atoms with E-state index in [-0.39, 0.29) is 18.7 Å². The summed E-state index contributed by atoms with van der Waals surface area (Å²) in [6.45, 7) is 4.90. The molecule has 0 aliphatic rings. The number of urea groups is 1. The first kappa shape index (κ1) is 17.5. The lowest BCUT2D eigenvalue weighted by Gasteiger charge is -2.19. The van der Waals surface area contributed by atoms with Crippen LogP contribution >= 0.6 is 0 Å². The molecule has 1 atom stereocenters. The average Bonchev–Trinajstić information content (AvgIpc) is 2.36. The highest BCUT2D eigenvalue weighted by Gasteiger charge is 2.13. The van der Waals surface area contributed by atoms with E-state index >= 15 is 0 Å². The van der Waals surface area contributed by atoms with Crippen LogP contribution < -0.4 is 10.6 Å². The third-order valence-electron chi connectivity index (χ3n) is 3.00. The third kappa shape index (κ3) is 7.11. The second-order valence-electron chi connectivity index (χ2n) is 6.05. The summed E-state index contributed by atoms with van der Waals surface area (Å²) in [4.78, 5) is 14.0. The molecule has 0 radical (unpaired) electrons. The van der Waals surface area contributed by atoms with E-state index in [1.54, 1.807) is 0 Å². The summed E-state index contributed by atoms with van der Waals surface area (Å²) >= 11 is 0. The highest BCUT2D eigenvalue weighted by atomic mass is 16.3. The SMILES string of the molecule is CC(C)CC(CO)NC(=O)Nc1cccc(CN(C)C)c1. The van der Waals surface area contributed by atoms with Gasteiger partial charge in [0, 0.05) is 12.2 Å². The molecule has 0 fully saturated rings. The molecule has 1 aromatic carbocycles. The molecule has 118 valence electrons. The fraction of sp³-hybridized carbons (Fsp3) is 0.562. The van der Waals surface area contributed by atoms with Gasteiger partial charge in [-0.15, -0.1) is 0 Å². The first-order chi connectivity index (χ1) is 9.90. The maximum atomic E-state index is 12.0. The molecule has 0 heterocycles. The fourth-order valence-electron chi connectivity index (χ4n) is 2.21. The summed E-state index contributed by atoms with van der Waals surface area (Å²) in [5.74, 6) is 0.422. The molecule has 1 unspecified atom stereocenters. The Bertz CT molecular complexity index is 447. The van der Waals surface area contributed by atoms with Gasteiger partial charge in [-0.2, -0.15) is 0 Å². The lowest BCUT2D eigenvalue weighted by molar-refractivity contribution is 0.214. The van der Waals surface area contributed by atoms with Gasteiger partial charge in [0.2, 0.25) is 0 Å². The molecule has 0 spiro atoms. The smallest absolute Gasteiger partial charge is 0.319 e. The van der Waals surface area contributed by atoms with Crippen molar-refractivity contribution in [3.63, 3.8) is 0 Å². The second-order valence-corrected chi connectivity index (χ2v) is 6.05. The van der Waals surface area contributed by atoms with E-state index in [1.165, 1.54) is 0 Å². The predicted molar refractivity (Wildman–Crippen MR) is 86.3 cm³/mol. The van der Waals surface area contributed by atoms with Gasteiger partial charge >= 0.3 is 6.03 Å². The Labute approximate surface area is 127 Å². The summed E-state index contributed by atoms with van der Waals surface area (Å²) in [6, 6.07) is 7.27. The highest BCUT2D eigenvalue weighted by Crippen LogP contribution is 2.12. The summed E-state index contributed by atoms with van der Waals surface area (Å²) in [5.41, 5.74) is 1.90. The third-order valence-corrected chi connectivity index (χ3v) is 3.00. The van der Waals surface area contributed by atoms with Crippen molar-refractivity contribution >= 4 is 11.7 Å². The number of benzene rings is 1. The van der Waals surface area contributed by atoms with Crippen molar-refractivity contribution in [3.05, 3.63) is 29.8 Å². The first-order valence-electron chi connectivity index (χ1n) is 7.32. The number of amides is 2. The van der Waals surface area contributed by atoms with E-state index in [9.17, 15) is 9.90 Å². The van der Waals surface area contributed by atoms with Gasteiger partial charge in [-0.1, -0.05) is 26.0 Å². The first-order valence-corrected chi connectivity index (χ1v) is 7.32. The minimum Gasteiger partial charge on any atom is -0.394 e. The minimum atomic E-state index is -0.281. The number of aliphatic hydroxyl groups excluding tert-OH is 1. The monoisotopic (exact) mass is 293 g/mol. The number of aliphatic hydroxyl groups is 1. The molecule has 0 aliphatic heterocycles.